The van der Waals surface area contributed by atoms with E-state index < -0.39 is 6.04 Å². The van der Waals surface area contributed by atoms with Gasteiger partial charge in [0.05, 0.1) is 6.04 Å². The Morgan fingerprint density at radius 2 is 2.14 bits per heavy atom. The van der Waals surface area contributed by atoms with Gasteiger partial charge in [-0.25, -0.2) is 4.39 Å². The number of allylic oxidation sites excluding steroid dienone is 1. The van der Waals surface area contributed by atoms with E-state index >= 15 is 0 Å². The molecular weight excluding hydrogens is 201 g/mol. The highest BCUT2D eigenvalue weighted by atomic mass is 35.5. The van der Waals surface area contributed by atoms with Crippen LogP contribution in [-0.4, -0.2) is 0 Å². The molecule has 1 aromatic carbocycles. The Morgan fingerprint density at radius 1 is 1.50 bits per heavy atom. The lowest BCUT2D eigenvalue weighted by Crippen LogP contribution is -2.09. The van der Waals surface area contributed by atoms with E-state index in [0.29, 0.717) is 10.6 Å². The summed E-state index contributed by atoms with van der Waals surface area (Å²) in [5.74, 6) is -0.320. The largest absolute Gasteiger partial charge is 0.321 e. The summed E-state index contributed by atoms with van der Waals surface area (Å²) in [5, 5.41) is 0.499. The third-order valence-corrected chi connectivity index (χ3v) is 2.07. The summed E-state index contributed by atoms with van der Waals surface area (Å²) in [6.45, 7) is 3.84. The van der Waals surface area contributed by atoms with Crippen molar-refractivity contribution in [3.63, 3.8) is 0 Å². The van der Waals surface area contributed by atoms with Gasteiger partial charge in [-0.05, 0) is 32.0 Å². The quantitative estimate of drug-likeness (QED) is 0.749. The van der Waals surface area contributed by atoms with Gasteiger partial charge in [0, 0.05) is 10.6 Å². The molecule has 0 radical (unpaired) electrons. The first-order chi connectivity index (χ1) is 6.50. The average molecular weight is 214 g/mol. The van der Waals surface area contributed by atoms with Crippen molar-refractivity contribution in [2.45, 2.75) is 19.9 Å². The molecule has 14 heavy (non-hydrogen) atoms. The molecule has 0 spiro atoms. The molecule has 0 aliphatic rings. The van der Waals surface area contributed by atoms with Crippen LogP contribution in [0, 0.1) is 5.82 Å². The summed E-state index contributed by atoms with van der Waals surface area (Å²) in [4.78, 5) is 0. The molecule has 1 nitrogen and oxygen atoms in total. The molecule has 0 fully saturated rings. The van der Waals surface area contributed by atoms with Gasteiger partial charge in [-0.15, -0.1) is 0 Å². The maximum absolute atomic E-state index is 13.3. The van der Waals surface area contributed by atoms with Crippen molar-refractivity contribution in [2.75, 3.05) is 0 Å². The molecule has 1 rings (SSSR count). The van der Waals surface area contributed by atoms with Crippen molar-refractivity contribution in [1.29, 1.82) is 0 Å². The normalized spacial score (nSPS) is 12.4. The molecule has 0 saturated carbocycles. The number of hydrogen-bond acceptors (Lipinski definition) is 1. The highest BCUT2D eigenvalue weighted by Gasteiger charge is 2.09. The standard InChI is InChI=1S/C11H13ClFN/c1-7(2)5-11(14)9-6-8(12)3-4-10(9)13/h3-6,11H,14H2,1-2H3. The van der Waals surface area contributed by atoms with Gasteiger partial charge in [0.15, 0.2) is 0 Å². The van der Waals surface area contributed by atoms with Gasteiger partial charge >= 0.3 is 0 Å². The van der Waals surface area contributed by atoms with E-state index in [0.717, 1.165) is 5.57 Å². The van der Waals surface area contributed by atoms with Gasteiger partial charge in [0.25, 0.3) is 0 Å². The van der Waals surface area contributed by atoms with Gasteiger partial charge in [-0.1, -0.05) is 23.3 Å². The maximum atomic E-state index is 13.3. The molecule has 76 valence electrons. The summed E-state index contributed by atoms with van der Waals surface area (Å²) >= 11 is 5.75. The highest BCUT2D eigenvalue weighted by Crippen LogP contribution is 2.21. The fraction of sp³-hybridized carbons (Fsp3) is 0.273. The Hall–Kier alpha value is -0.860. The Labute approximate surface area is 88.4 Å². The zero-order valence-electron chi connectivity index (χ0n) is 8.22. The van der Waals surface area contributed by atoms with Crippen LogP contribution in [0.5, 0.6) is 0 Å². The van der Waals surface area contributed by atoms with Crippen molar-refractivity contribution in [3.8, 4) is 0 Å². The fourth-order valence-corrected chi connectivity index (χ4v) is 1.40. The Morgan fingerprint density at radius 3 is 2.71 bits per heavy atom. The number of nitrogens with two attached hydrogens (primary N) is 1. The van der Waals surface area contributed by atoms with Gasteiger partial charge in [-0.3, -0.25) is 0 Å². The minimum atomic E-state index is -0.432. The molecule has 0 aromatic heterocycles. The third kappa shape index (κ3) is 2.82. The molecule has 2 N–H and O–H groups in total. The summed E-state index contributed by atoms with van der Waals surface area (Å²) in [5.41, 5.74) is 7.27. The van der Waals surface area contributed by atoms with E-state index in [9.17, 15) is 4.39 Å². The first-order valence-corrected chi connectivity index (χ1v) is 4.74. The summed E-state index contributed by atoms with van der Waals surface area (Å²) in [7, 11) is 0. The monoisotopic (exact) mass is 213 g/mol. The molecule has 3 heteroatoms. The van der Waals surface area contributed by atoms with Crippen molar-refractivity contribution in [3.05, 3.63) is 46.3 Å². The van der Waals surface area contributed by atoms with Crippen LogP contribution in [0.2, 0.25) is 5.02 Å². The van der Waals surface area contributed by atoms with Crippen LogP contribution in [-0.2, 0) is 0 Å². The van der Waals surface area contributed by atoms with Crippen LogP contribution in [0.15, 0.2) is 29.8 Å². The average Bonchev–Trinajstić information content (AvgIpc) is 2.08. The lowest BCUT2D eigenvalue weighted by atomic mass is 10.1. The second kappa shape index (κ2) is 4.58. The van der Waals surface area contributed by atoms with E-state index in [1.54, 1.807) is 12.1 Å². The molecule has 0 bridgehead atoms. The minimum absolute atomic E-state index is 0.320. The molecule has 1 unspecified atom stereocenters. The zero-order chi connectivity index (χ0) is 10.7. The Kier molecular flexibility index (Phi) is 3.67. The summed E-state index contributed by atoms with van der Waals surface area (Å²) < 4.78 is 13.3. The SMILES string of the molecule is CC(C)=CC(N)c1cc(Cl)ccc1F. The number of hydrogen-bond donors (Lipinski definition) is 1. The predicted molar refractivity (Wildman–Crippen MR) is 57.8 cm³/mol. The van der Waals surface area contributed by atoms with Crippen LogP contribution in [0.4, 0.5) is 4.39 Å². The van der Waals surface area contributed by atoms with Gasteiger partial charge < -0.3 is 5.73 Å². The van der Waals surface area contributed by atoms with Gasteiger partial charge in [0.2, 0.25) is 0 Å². The topological polar surface area (TPSA) is 26.0 Å². The molecule has 1 aromatic rings. The second-order valence-electron chi connectivity index (χ2n) is 3.44. The molecule has 0 aliphatic carbocycles. The van der Waals surface area contributed by atoms with Crippen molar-refractivity contribution in [1.82, 2.24) is 0 Å². The van der Waals surface area contributed by atoms with E-state index in [2.05, 4.69) is 0 Å². The first kappa shape index (κ1) is 11.2. The predicted octanol–water partition coefficient (Wildman–Crippen LogP) is 3.45. The van der Waals surface area contributed by atoms with E-state index in [4.69, 9.17) is 17.3 Å². The first-order valence-electron chi connectivity index (χ1n) is 4.36. The van der Waals surface area contributed by atoms with Crippen LogP contribution in [0.3, 0.4) is 0 Å². The Bertz CT molecular complexity index is 356. The molecule has 0 heterocycles. The minimum Gasteiger partial charge on any atom is -0.321 e. The van der Waals surface area contributed by atoms with E-state index in [-0.39, 0.29) is 5.82 Å². The lowest BCUT2D eigenvalue weighted by Gasteiger charge is -2.09. The van der Waals surface area contributed by atoms with Crippen LogP contribution in [0.25, 0.3) is 0 Å². The molecule has 1 atom stereocenters. The summed E-state index contributed by atoms with van der Waals surface area (Å²) in [6.07, 6.45) is 1.80. The van der Waals surface area contributed by atoms with Crippen molar-refractivity contribution in [2.24, 2.45) is 5.73 Å². The zero-order valence-corrected chi connectivity index (χ0v) is 8.98. The van der Waals surface area contributed by atoms with Crippen LogP contribution >= 0.6 is 11.6 Å². The highest BCUT2D eigenvalue weighted by molar-refractivity contribution is 6.30. The lowest BCUT2D eigenvalue weighted by molar-refractivity contribution is 0.602. The van der Waals surface area contributed by atoms with Crippen LogP contribution < -0.4 is 5.73 Å². The number of halogens is 2. The van der Waals surface area contributed by atoms with Gasteiger partial charge in [0.1, 0.15) is 5.82 Å². The summed E-state index contributed by atoms with van der Waals surface area (Å²) in [6, 6.07) is 3.96. The van der Waals surface area contributed by atoms with Crippen molar-refractivity contribution < 1.29 is 4.39 Å². The molecule has 0 saturated heterocycles. The maximum Gasteiger partial charge on any atom is 0.128 e. The smallest absolute Gasteiger partial charge is 0.128 e. The van der Waals surface area contributed by atoms with Gasteiger partial charge in [-0.2, -0.15) is 0 Å². The van der Waals surface area contributed by atoms with E-state index in [1.165, 1.54) is 12.1 Å². The number of rotatable bonds is 2. The fourth-order valence-electron chi connectivity index (χ4n) is 1.22. The molecular formula is C11H13ClFN. The van der Waals surface area contributed by atoms with Crippen LogP contribution in [0.1, 0.15) is 25.5 Å². The number of benzene rings is 1. The van der Waals surface area contributed by atoms with Crippen molar-refractivity contribution >= 4 is 11.6 Å². The third-order valence-electron chi connectivity index (χ3n) is 1.83. The molecule has 0 aliphatic heterocycles. The molecule has 0 amide bonds. The second-order valence-corrected chi connectivity index (χ2v) is 3.87. The Balaban J connectivity index is 3.05. The van der Waals surface area contributed by atoms with E-state index in [1.807, 2.05) is 13.8 Å².